The molecule has 2 aliphatic rings. The minimum absolute atomic E-state index is 0.0376. The molecule has 0 unspecified atom stereocenters. The van der Waals surface area contributed by atoms with Crippen molar-refractivity contribution in [2.45, 2.75) is 38.0 Å². The molecule has 11 heteroatoms. The highest BCUT2D eigenvalue weighted by molar-refractivity contribution is 5.99. The molecule has 2 aromatic carbocycles. The zero-order chi connectivity index (χ0) is 31.2. The van der Waals surface area contributed by atoms with E-state index in [9.17, 15) is 23.2 Å². The second-order valence-corrected chi connectivity index (χ2v) is 11.1. The van der Waals surface area contributed by atoms with E-state index in [1.54, 1.807) is 48.4 Å². The normalized spacial score (nSPS) is 19.2. The van der Waals surface area contributed by atoms with Crippen LogP contribution in [0.3, 0.4) is 0 Å². The van der Waals surface area contributed by atoms with Gasteiger partial charge in [-0.15, -0.1) is 0 Å². The topological polar surface area (TPSA) is 116 Å². The average molecular weight is 602 g/mol. The third-order valence-corrected chi connectivity index (χ3v) is 8.27. The minimum atomic E-state index is -1.33. The molecule has 2 saturated heterocycles. The van der Waals surface area contributed by atoms with Crippen LogP contribution in [0.4, 0.5) is 8.78 Å². The first kappa shape index (κ1) is 30.8. The number of alkyl halides is 1. The van der Waals surface area contributed by atoms with Crippen LogP contribution < -0.4 is 10.1 Å². The lowest BCUT2D eigenvalue weighted by molar-refractivity contribution is 0.0645. The van der Waals surface area contributed by atoms with Crippen molar-refractivity contribution < 1.29 is 27.9 Å². The van der Waals surface area contributed by atoms with Crippen LogP contribution in [-0.2, 0) is 6.54 Å². The molecule has 1 aromatic heterocycles. The number of aromatic nitrogens is 1. The number of piperidine rings is 2. The number of benzene rings is 2. The van der Waals surface area contributed by atoms with Crippen LogP contribution >= 0.6 is 0 Å². The molecule has 228 valence electrons. The van der Waals surface area contributed by atoms with E-state index in [0.717, 1.165) is 0 Å². The molecule has 3 heterocycles. The van der Waals surface area contributed by atoms with Gasteiger partial charge in [-0.3, -0.25) is 24.3 Å². The molecule has 0 spiro atoms. The number of pyridine rings is 1. The number of ketones is 1. The Morgan fingerprint density at radius 2 is 1.75 bits per heavy atom. The Morgan fingerprint density at radius 1 is 1.02 bits per heavy atom. The summed E-state index contributed by atoms with van der Waals surface area (Å²) in [4.78, 5) is 46.5. The summed E-state index contributed by atoms with van der Waals surface area (Å²) in [5, 5.41) is 11.6. The van der Waals surface area contributed by atoms with Crippen molar-refractivity contribution in [3.05, 3.63) is 94.6 Å². The molecule has 0 saturated carbocycles. The van der Waals surface area contributed by atoms with Crippen molar-refractivity contribution in [1.29, 1.82) is 5.26 Å². The van der Waals surface area contributed by atoms with Crippen molar-refractivity contribution in [3.63, 3.8) is 0 Å². The maximum Gasteiger partial charge on any atom is 0.272 e. The first-order valence-electron chi connectivity index (χ1n) is 14.5. The van der Waals surface area contributed by atoms with Gasteiger partial charge in [0.1, 0.15) is 29.5 Å². The molecule has 2 amide bonds. The Hall–Kier alpha value is -4.69. The van der Waals surface area contributed by atoms with Gasteiger partial charge < -0.3 is 15.0 Å². The van der Waals surface area contributed by atoms with E-state index in [1.165, 1.54) is 30.5 Å². The predicted octanol–water partition coefficient (Wildman–Crippen LogP) is 4.18. The SMILES string of the molecule is COc1ccc(C(=O)C2CCN(C(=O)c3ccc(C(=O)N[C@@H]4CCN(Cc5ccc(C#N)c(F)c5)C[C@H]4F)cn3)CC2)cc1. The minimum Gasteiger partial charge on any atom is -0.497 e. The maximum absolute atomic E-state index is 15.0. The highest BCUT2D eigenvalue weighted by atomic mass is 19.1. The number of halogens is 2. The number of nitrogens with zero attached hydrogens (tertiary/aromatic N) is 4. The highest BCUT2D eigenvalue weighted by Crippen LogP contribution is 2.24. The summed E-state index contributed by atoms with van der Waals surface area (Å²) in [5.74, 6) is -0.794. The summed E-state index contributed by atoms with van der Waals surface area (Å²) in [6.45, 7) is 1.75. The Balaban J connectivity index is 1.09. The molecule has 2 aliphatic heterocycles. The standard InChI is InChI=1S/C33H33F2N5O4/c1-44-26-7-4-22(5-8-26)31(41)23-10-14-40(15-11-23)33(43)30-9-6-25(18-37-30)32(42)38-29-12-13-39(20-28(29)35)19-21-2-3-24(17-36)27(34)16-21/h2-9,16,18,23,28-29H,10-15,19-20H2,1H3,(H,38,42)/t28-,29-/m1/s1. The smallest absolute Gasteiger partial charge is 0.272 e. The van der Waals surface area contributed by atoms with Gasteiger partial charge in [-0.2, -0.15) is 5.26 Å². The van der Waals surface area contributed by atoms with Gasteiger partial charge in [-0.1, -0.05) is 6.07 Å². The summed E-state index contributed by atoms with van der Waals surface area (Å²) >= 11 is 0. The number of rotatable bonds is 8. The number of nitriles is 1. The molecular weight excluding hydrogens is 568 g/mol. The third kappa shape index (κ3) is 7.09. The molecular formula is C33H33F2N5O4. The molecule has 1 N–H and O–H groups in total. The van der Waals surface area contributed by atoms with E-state index in [1.807, 2.05) is 4.90 Å². The van der Waals surface area contributed by atoms with Gasteiger partial charge in [0.2, 0.25) is 0 Å². The summed E-state index contributed by atoms with van der Waals surface area (Å²) in [6.07, 6.45) is 1.44. The van der Waals surface area contributed by atoms with Crippen LogP contribution in [0.15, 0.2) is 60.8 Å². The number of amides is 2. The number of likely N-dealkylation sites (tertiary alicyclic amines) is 2. The molecule has 3 aromatic rings. The van der Waals surface area contributed by atoms with Gasteiger partial charge in [0, 0.05) is 50.4 Å². The van der Waals surface area contributed by atoms with E-state index < -0.39 is 23.9 Å². The lowest BCUT2D eigenvalue weighted by atomic mass is 9.88. The van der Waals surface area contributed by atoms with E-state index in [-0.39, 0.29) is 41.0 Å². The number of carbonyl (C=O) groups is 3. The molecule has 0 bridgehead atoms. The molecule has 5 rings (SSSR count). The van der Waals surface area contributed by atoms with Gasteiger partial charge in [0.05, 0.1) is 24.3 Å². The summed E-state index contributed by atoms with van der Waals surface area (Å²) < 4.78 is 34.1. The van der Waals surface area contributed by atoms with Crippen LogP contribution in [0, 0.1) is 23.1 Å². The second kappa shape index (κ2) is 13.7. The lowest BCUT2D eigenvalue weighted by Crippen LogP contribution is -2.52. The van der Waals surface area contributed by atoms with Gasteiger partial charge in [0.15, 0.2) is 5.78 Å². The maximum atomic E-state index is 15.0. The van der Waals surface area contributed by atoms with Crippen LogP contribution in [0.25, 0.3) is 0 Å². The van der Waals surface area contributed by atoms with Gasteiger partial charge in [-0.05, 0) is 73.4 Å². The number of methoxy groups -OCH3 is 1. The third-order valence-electron chi connectivity index (χ3n) is 8.27. The van der Waals surface area contributed by atoms with E-state index in [0.29, 0.717) is 62.3 Å². The molecule has 9 nitrogen and oxygen atoms in total. The number of hydrogen-bond acceptors (Lipinski definition) is 7. The fraction of sp³-hybridized carbons (Fsp3) is 0.364. The van der Waals surface area contributed by atoms with Crippen LogP contribution in [0.1, 0.15) is 61.6 Å². The molecule has 2 fully saturated rings. The Labute approximate surface area is 254 Å². The predicted molar refractivity (Wildman–Crippen MR) is 157 cm³/mol. The van der Waals surface area contributed by atoms with Crippen molar-refractivity contribution >= 4 is 17.6 Å². The molecule has 0 aliphatic carbocycles. The molecule has 0 radical (unpaired) electrons. The quantitative estimate of drug-likeness (QED) is 0.385. The molecule has 2 atom stereocenters. The Bertz CT molecular complexity index is 1550. The van der Waals surface area contributed by atoms with Gasteiger partial charge >= 0.3 is 0 Å². The monoisotopic (exact) mass is 601 g/mol. The summed E-state index contributed by atoms with van der Waals surface area (Å²) in [5.41, 5.74) is 1.63. The number of Topliss-reactive ketones (excluding diaryl/α,β-unsaturated/α-hetero) is 1. The highest BCUT2D eigenvalue weighted by Gasteiger charge is 2.32. The van der Waals surface area contributed by atoms with E-state index >= 15 is 0 Å². The molecule has 44 heavy (non-hydrogen) atoms. The first-order valence-corrected chi connectivity index (χ1v) is 14.5. The van der Waals surface area contributed by atoms with Crippen LogP contribution in [0.5, 0.6) is 5.75 Å². The van der Waals surface area contributed by atoms with Crippen molar-refractivity contribution in [3.8, 4) is 11.8 Å². The fourth-order valence-electron chi connectivity index (χ4n) is 5.68. The van der Waals surface area contributed by atoms with E-state index in [2.05, 4.69) is 10.3 Å². The van der Waals surface area contributed by atoms with Crippen LogP contribution in [-0.4, -0.2) is 77.9 Å². The largest absolute Gasteiger partial charge is 0.497 e. The van der Waals surface area contributed by atoms with Gasteiger partial charge in [-0.25, -0.2) is 8.78 Å². The number of hydrogen-bond donors (Lipinski definition) is 1. The zero-order valence-electron chi connectivity index (χ0n) is 24.3. The van der Waals surface area contributed by atoms with Crippen molar-refractivity contribution in [1.82, 2.24) is 20.1 Å². The Morgan fingerprint density at radius 3 is 2.36 bits per heavy atom. The first-order chi connectivity index (χ1) is 21.2. The number of carbonyl (C=O) groups excluding carboxylic acids is 3. The number of nitrogens with one attached hydrogen (secondary N) is 1. The van der Waals surface area contributed by atoms with Gasteiger partial charge in [0.25, 0.3) is 11.8 Å². The van der Waals surface area contributed by atoms with Crippen molar-refractivity contribution in [2.24, 2.45) is 5.92 Å². The second-order valence-electron chi connectivity index (χ2n) is 11.1. The zero-order valence-corrected chi connectivity index (χ0v) is 24.3. The number of ether oxygens (including phenoxy) is 1. The van der Waals surface area contributed by atoms with Crippen molar-refractivity contribution in [2.75, 3.05) is 33.3 Å². The average Bonchev–Trinajstić information content (AvgIpc) is 3.05. The van der Waals surface area contributed by atoms with E-state index in [4.69, 9.17) is 10.00 Å². The lowest BCUT2D eigenvalue weighted by Gasteiger charge is -2.35. The van der Waals surface area contributed by atoms with Crippen LogP contribution in [0.2, 0.25) is 0 Å². The Kier molecular flexibility index (Phi) is 9.60. The summed E-state index contributed by atoms with van der Waals surface area (Å²) in [6, 6.07) is 15.4. The fourth-order valence-corrected chi connectivity index (χ4v) is 5.68. The summed E-state index contributed by atoms with van der Waals surface area (Å²) in [7, 11) is 1.57.